The summed E-state index contributed by atoms with van der Waals surface area (Å²) in [6.45, 7) is 10.0. The van der Waals surface area contributed by atoms with Crippen LogP contribution in [0.3, 0.4) is 0 Å². The Hall–Kier alpha value is -1.87. The van der Waals surface area contributed by atoms with E-state index in [1.165, 1.54) is 37.4 Å². The molecular formula is C24H42N4O4S. The summed E-state index contributed by atoms with van der Waals surface area (Å²) in [6, 6.07) is 1.23. The molecule has 1 atom stereocenters. The number of amides is 1. The number of carboxylic acids is 1. The van der Waals surface area contributed by atoms with E-state index in [4.69, 9.17) is 4.74 Å². The molecule has 1 rings (SSSR count). The van der Waals surface area contributed by atoms with Gasteiger partial charge in [0.1, 0.15) is 16.9 Å². The Morgan fingerprint density at radius 2 is 1.82 bits per heavy atom. The highest BCUT2D eigenvalue weighted by Gasteiger charge is 2.21. The zero-order valence-electron chi connectivity index (χ0n) is 20.7. The fraction of sp³-hybridized carbons (Fsp3) is 0.750. The smallest absolute Gasteiger partial charge is 0.374 e. The normalized spacial score (nSPS) is 12.0. The molecule has 0 aromatic carbocycles. The second kappa shape index (κ2) is 17.6. The Kier molecular flexibility index (Phi) is 15.5. The van der Waals surface area contributed by atoms with Crippen LogP contribution in [-0.2, 0) is 9.53 Å². The fourth-order valence-corrected chi connectivity index (χ4v) is 4.17. The predicted molar refractivity (Wildman–Crippen MR) is 134 cm³/mol. The minimum Gasteiger partial charge on any atom is -0.475 e. The Balaban J connectivity index is 2.76. The number of thioether (sulfide) groups is 1. The van der Waals surface area contributed by atoms with Crippen molar-refractivity contribution in [1.29, 1.82) is 0 Å². The molecule has 0 aliphatic rings. The quantitative estimate of drug-likeness (QED) is 0.143. The average Bonchev–Trinajstić information content (AvgIpc) is 2.77. The molecule has 1 unspecified atom stereocenters. The second-order valence-electron chi connectivity index (χ2n) is 8.50. The van der Waals surface area contributed by atoms with Crippen LogP contribution >= 0.6 is 11.8 Å². The molecule has 0 aliphatic carbocycles. The fourth-order valence-electron chi connectivity index (χ4n) is 3.26. The molecule has 8 nitrogen and oxygen atoms in total. The summed E-state index contributed by atoms with van der Waals surface area (Å²) >= 11 is 1.53. The lowest BCUT2D eigenvalue weighted by molar-refractivity contribution is -0.122. The van der Waals surface area contributed by atoms with Gasteiger partial charge in [0.2, 0.25) is 11.7 Å². The van der Waals surface area contributed by atoms with Crippen molar-refractivity contribution < 1.29 is 19.4 Å². The summed E-state index contributed by atoms with van der Waals surface area (Å²) < 4.78 is 5.31. The first-order valence-electron chi connectivity index (χ1n) is 12.2. The molecule has 1 aromatic heterocycles. The molecule has 3 N–H and O–H groups in total. The van der Waals surface area contributed by atoms with Gasteiger partial charge in [-0.3, -0.25) is 4.79 Å². The Bertz CT molecular complexity index is 703. The highest BCUT2D eigenvalue weighted by molar-refractivity contribution is 7.99. The number of hydrogen-bond acceptors (Lipinski definition) is 7. The zero-order valence-corrected chi connectivity index (χ0v) is 21.5. The van der Waals surface area contributed by atoms with Gasteiger partial charge in [-0.25, -0.2) is 14.8 Å². The number of ether oxygens (including phenoxy) is 1. The molecule has 33 heavy (non-hydrogen) atoms. The van der Waals surface area contributed by atoms with E-state index in [0.29, 0.717) is 37.0 Å². The van der Waals surface area contributed by atoms with Gasteiger partial charge >= 0.3 is 5.97 Å². The van der Waals surface area contributed by atoms with E-state index in [2.05, 4.69) is 27.5 Å². The molecule has 0 spiro atoms. The van der Waals surface area contributed by atoms with Gasteiger partial charge in [0.05, 0.1) is 0 Å². The summed E-state index contributed by atoms with van der Waals surface area (Å²) in [5.41, 5.74) is 0. The van der Waals surface area contributed by atoms with E-state index in [1.807, 2.05) is 20.8 Å². The lowest BCUT2D eigenvalue weighted by Gasteiger charge is -2.21. The molecule has 0 fully saturated rings. The molecule has 188 valence electrons. The van der Waals surface area contributed by atoms with Gasteiger partial charge in [0.15, 0.2) is 0 Å². The van der Waals surface area contributed by atoms with Crippen LogP contribution in [0.15, 0.2) is 11.1 Å². The number of anilines is 1. The summed E-state index contributed by atoms with van der Waals surface area (Å²) in [5, 5.41) is 16.1. The SMILES string of the molecule is CCCCCCCCSc1cc(NC(CC(C)C)C(=O)NCCCOCC)nc(C(=O)O)n1. The number of carboxylic acid groups (broad SMARTS) is 1. The number of aromatic nitrogens is 2. The van der Waals surface area contributed by atoms with Crippen LogP contribution < -0.4 is 10.6 Å². The lowest BCUT2D eigenvalue weighted by Crippen LogP contribution is -2.41. The molecule has 0 radical (unpaired) electrons. The molecule has 9 heteroatoms. The number of nitrogens with zero attached hydrogens (tertiary/aromatic N) is 2. The van der Waals surface area contributed by atoms with Gasteiger partial charge in [0, 0.05) is 25.8 Å². The van der Waals surface area contributed by atoms with Crippen LogP contribution in [0, 0.1) is 5.92 Å². The van der Waals surface area contributed by atoms with Crippen LogP contribution in [0.1, 0.15) is 89.7 Å². The third-order valence-corrected chi connectivity index (χ3v) is 5.95. The molecule has 1 aromatic rings. The Labute approximate surface area is 203 Å². The van der Waals surface area contributed by atoms with Crippen molar-refractivity contribution in [3.05, 3.63) is 11.9 Å². The molecule has 0 saturated heterocycles. The first-order chi connectivity index (χ1) is 15.9. The van der Waals surface area contributed by atoms with Crippen LogP contribution in [0.2, 0.25) is 0 Å². The Morgan fingerprint density at radius 1 is 1.09 bits per heavy atom. The van der Waals surface area contributed by atoms with Crippen LogP contribution in [0.25, 0.3) is 0 Å². The molecule has 0 bridgehead atoms. The summed E-state index contributed by atoms with van der Waals surface area (Å²) in [4.78, 5) is 32.6. The summed E-state index contributed by atoms with van der Waals surface area (Å²) in [5.74, 6) is -0.0529. The topological polar surface area (TPSA) is 113 Å². The zero-order chi connectivity index (χ0) is 24.5. The average molecular weight is 483 g/mol. The first-order valence-corrected chi connectivity index (χ1v) is 13.2. The van der Waals surface area contributed by atoms with Crippen molar-refractivity contribution in [2.45, 2.75) is 90.1 Å². The standard InChI is InChI=1S/C24H42N4O4S/c1-5-7-8-9-10-11-15-33-21-17-20(27-22(28-21)24(30)31)26-19(16-18(3)4)23(29)25-13-12-14-32-6-2/h17-19H,5-16H2,1-4H3,(H,25,29)(H,30,31)(H,26,27,28). The van der Waals surface area contributed by atoms with Crippen molar-refractivity contribution in [3.63, 3.8) is 0 Å². The number of aromatic carboxylic acids is 1. The van der Waals surface area contributed by atoms with Crippen molar-refractivity contribution in [1.82, 2.24) is 15.3 Å². The van der Waals surface area contributed by atoms with E-state index < -0.39 is 12.0 Å². The summed E-state index contributed by atoms with van der Waals surface area (Å²) in [7, 11) is 0. The highest BCUT2D eigenvalue weighted by Crippen LogP contribution is 2.22. The highest BCUT2D eigenvalue weighted by atomic mass is 32.2. The maximum atomic E-state index is 12.8. The van der Waals surface area contributed by atoms with Crippen molar-refractivity contribution in [2.75, 3.05) is 30.8 Å². The van der Waals surface area contributed by atoms with Gasteiger partial charge in [-0.1, -0.05) is 52.9 Å². The first kappa shape index (κ1) is 29.2. The molecular weight excluding hydrogens is 440 g/mol. The van der Waals surface area contributed by atoms with E-state index in [1.54, 1.807) is 6.07 Å². The van der Waals surface area contributed by atoms with E-state index in [0.717, 1.165) is 25.0 Å². The van der Waals surface area contributed by atoms with Gasteiger partial charge in [-0.05, 0) is 37.9 Å². The van der Waals surface area contributed by atoms with Gasteiger partial charge in [-0.2, -0.15) is 0 Å². The maximum absolute atomic E-state index is 12.8. The molecule has 1 amide bonds. The number of carbonyl (C=O) groups is 2. The van der Waals surface area contributed by atoms with Gasteiger partial charge < -0.3 is 20.5 Å². The third kappa shape index (κ3) is 13.4. The maximum Gasteiger partial charge on any atom is 0.374 e. The second-order valence-corrected chi connectivity index (χ2v) is 9.62. The molecule has 0 saturated carbocycles. The number of nitrogens with one attached hydrogen (secondary N) is 2. The number of rotatable bonds is 19. The van der Waals surface area contributed by atoms with Gasteiger partial charge in [-0.15, -0.1) is 11.8 Å². The largest absolute Gasteiger partial charge is 0.475 e. The van der Waals surface area contributed by atoms with E-state index >= 15 is 0 Å². The van der Waals surface area contributed by atoms with E-state index in [-0.39, 0.29) is 17.6 Å². The van der Waals surface area contributed by atoms with Crippen LogP contribution in [0.4, 0.5) is 5.82 Å². The van der Waals surface area contributed by atoms with Crippen molar-refractivity contribution in [3.8, 4) is 0 Å². The van der Waals surface area contributed by atoms with Crippen LogP contribution in [-0.4, -0.2) is 58.5 Å². The predicted octanol–water partition coefficient (Wildman–Crippen LogP) is 5.00. The summed E-state index contributed by atoms with van der Waals surface area (Å²) in [6.07, 6.45) is 8.55. The lowest BCUT2D eigenvalue weighted by atomic mass is 10.0. The molecule has 1 heterocycles. The number of unbranched alkanes of at least 4 members (excludes halogenated alkanes) is 5. The van der Waals surface area contributed by atoms with Crippen LogP contribution in [0.5, 0.6) is 0 Å². The van der Waals surface area contributed by atoms with Crippen molar-refractivity contribution >= 4 is 29.5 Å². The number of carbonyl (C=O) groups excluding carboxylic acids is 1. The minimum atomic E-state index is -1.18. The molecule has 0 aliphatic heterocycles. The van der Waals surface area contributed by atoms with Gasteiger partial charge in [0.25, 0.3) is 0 Å². The Morgan fingerprint density at radius 3 is 2.48 bits per heavy atom. The minimum absolute atomic E-state index is 0.128. The van der Waals surface area contributed by atoms with Crippen molar-refractivity contribution in [2.24, 2.45) is 5.92 Å². The van der Waals surface area contributed by atoms with E-state index in [9.17, 15) is 14.7 Å². The third-order valence-electron chi connectivity index (χ3n) is 4.96. The monoisotopic (exact) mass is 482 g/mol. The number of hydrogen-bond donors (Lipinski definition) is 3.